The lowest BCUT2D eigenvalue weighted by atomic mass is 9.96. The molecule has 19 heavy (non-hydrogen) atoms. The molecule has 1 rings (SSSR count). The van der Waals surface area contributed by atoms with Gasteiger partial charge < -0.3 is 15.0 Å². The fourth-order valence-electron chi connectivity index (χ4n) is 2.41. The number of nitrogens with zero attached hydrogens (tertiary/aromatic N) is 1. The number of ether oxygens (including phenoxy) is 1. The standard InChI is InChI=1S/C14H26N2O3/c1-5-19-13(17)9-16(8-10(2)3)14(18)12-7-15-6-11(12)4/h10-12,15H,5-9H2,1-4H3/t11-,12-/m1/s1. The molecule has 1 aliphatic heterocycles. The summed E-state index contributed by atoms with van der Waals surface area (Å²) in [6.07, 6.45) is 0. The van der Waals surface area contributed by atoms with Gasteiger partial charge in [0.05, 0.1) is 12.5 Å². The van der Waals surface area contributed by atoms with Gasteiger partial charge >= 0.3 is 5.97 Å². The number of esters is 1. The average Bonchev–Trinajstić information content (AvgIpc) is 2.73. The van der Waals surface area contributed by atoms with Crippen LogP contribution < -0.4 is 5.32 Å². The van der Waals surface area contributed by atoms with E-state index in [9.17, 15) is 9.59 Å². The number of hydrogen-bond acceptors (Lipinski definition) is 4. The van der Waals surface area contributed by atoms with Gasteiger partial charge in [0.2, 0.25) is 5.91 Å². The smallest absolute Gasteiger partial charge is 0.325 e. The van der Waals surface area contributed by atoms with Gasteiger partial charge in [0.1, 0.15) is 6.54 Å². The third kappa shape index (κ3) is 4.82. The lowest BCUT2D eigenvalue weighted by molar-refractivity contribution is -0.150. The van der Waals surface area contributed by atoms with E-state index in [1.54, 1.807) is 11.8 Å². The molecule has 0 aromatic rings. The summed E-state index contributed by atoms with van der Waals surface area (Å²) in [5.41, 5.74) is 0. The van der Waals surface area contributed by atoms with E-state index in [4.69, 9.17) is 4.74 Å². The summed E-state index contributed by atoms with van der Waals surface area (Å²) in [4.78, 5) is 25.8. The molecule has 0 aromatic heterocycles. The highest BCUT2D eigenvalue weighted by atomic mass is 16.5. The molecule has 1 saturated heterocycles. The molecule has 1 N–H and O–H groups in total. The van der Waals surface area contributed by atoms with Crippen molar-refractivity contribution in [2.75, 3.05) is 32.8 Å². The molecule has 0 radical (unpaired) electrons. The van der Waals surface area contributed by atoms with Crippen molar-refractivity contribution in [1.29, 1.82) is 0 Å². The zero-order valence-corrected chi connectivity index (χ0v) is 12.4. The van der Waals surface area contributed by atoms with Crippen molar-refractivity contribution in [1.82, 2.24) is 10.2 Å². The Morgan fingerprint density at radius 2 is 2.05 bits per heavy atom. The lowest BCUT2D eigenvalue weighted by Gasteiger charge is -2.27. The maximum atomic E-state index is 12.5. The molecule has 5 heteroatoms. The van der Waals surface area contributed by atoms with Gasteiger partial charge in [-0.2, -0.15) is 0 Å². The highest BCUT2D eigenvalue weighted by Crippen LogP contribution is 2.19. The topological polar surface area (TPSA) is 58.6 Å². The predicted molar refractivity (Wildman–Crippen MR) is 73.6 cm³/mol. The van der Waals surface area contributed by atoms with Crippen molar-refractivity contribution in [2.45, 2.75) is 27.7 Å². The van der Waals surface area contributed by atoms with E-state index in [2.05, 4.69) is 12.2 Å². The molecular formula is C14H26N2O3. The van der Waals surface area contributed by atoms with Gasteiger partial charge in [-0.1, -0.05) is 20.8 Å². The second-order valence-electron chi connectivity index (χ2n) is 5.66. The molecule has 1 amide bonds. The van der Waals surface area contributed by atoms with Gasteiger partial charge in [-0.25, -0.2) is 0 Å². The Labute approximate surface area is 115 Å². The summed E-state index contributed by atoms with van der Waals surface area (Å²) in [7, 11) is 0. The molecule has 2 atom stereocenters. The first-order chi connectivity index (χ1) is 8.95. The summed E-state index contributed by atoms with van der Waals surface area (Å²) >= 11 is 0. The summed E-state index contributed by atoms with van der Waals surface area (Å²) in [6.45, 7) is 10.5. The molecule has 1 fully saturated rings. The maximum Gasteiger partial charge on any atom is 0.325 e. The van der Waals surface area contributed by atoms with E-state index >= 15 is 0 Å². The Morgan fingerprint density at radius 3 is 2.53 bits per heavy atom. The number of amides is 1. The zero-order chi connectivity index (χ0) is 14.4. The van der Waals surface area contributed by atoms with Gasteiger partial charge in [-0.05, 0) is 25.3 Å². The molecule has 0 aromatic carbocycles. The van der Waals surface area contributed by atoms with Crippen molar-refractivity contribution >= 4 is 11.9 Å². The SMILES string of the molecule is CCOC(=O)CN(CC(C)C)C(=O)[C@@H]1CNC[C@H]1C. The van der Waals surface area contributed by atoms with Crippen molar-refractivity contribution < 1.29 is 14.3 Å². The lowest BCUT2D eigenvalue weighted by Crippen LogP contribution is -2.44. The fraction of sp³-hybridized carbons (Fsp3) is 0.857. The van der Waals surface area contributed by atoms with E-state index in [0.29, 0.717) is 31.5 Å². The van der Waals surface area contributed by atoms with Crippen LogP contribution in [0.5, 0.6) is 0 Å². The van der Waals surface area contributed by atoms with Gasteiger partial charge in [0, 0.05) is 13.1 Å². The molecule has 0 spiro atoms. The molecule has 5 nitrogen and oxygen atoms in total. The molecule has 0 unspecified atom stereocenters. The minimum atomic E-state index is -0.324. The molecule has 110 valence electrons. The van der Waals surface area contributed by atoms with Gasteiger partial charge in [0.15, 0.2) is 0 Å². The predicted octanol–water partition coefficient (Wildman–Crippen LogP) is 0.890. The number of nitrogens with one attached hydrogen (secondary N) is 1. The average molecular weight is 270 g/mol. The summed E-state index contributed by atoms with van der Waals surface area (Å²) in [5, 5.41) is 3.23. The molecule has 0 aliphatic carbocycles. The van der Waals surface area contributed by atoms with Crippen LogP contribution in [0.25, 0.3) is 0 Å². The van der Waals surface area contributed by atoms with Crippen LogP contribution in [0.3, 0.4) is 0 Å². The summed E-state index contributed by atoms with van der Waals surface area (Å²) < 4.78 is 4.95. The normalized spacial score (nSPS) is 22.6. The summed E-state index contributed by atoms with van der Waals surface area (Å²) in [5.74, 6) is 0.384. The Hall–Kier alpha value is -1.10. The van der Waals surface area contributed by atoms with Crippen molar-refractivity contribution in [3.05, 3.63) is 0 Å². The summed E-state index contributed by atoms with van der Waals surface area (Å²) in [6, 6.07) is 0. The Balaban J connectivity index is 2.66. The largest absolute Gasteiger partial charge is 0.465 e. The first kappa shape index (κ1) is 16.0. The molecular weight excluding hydrogens is 244 g/mol. The number of hydrogen-bond donors (Lipinski definition) is 1. The van der Waals surface area contributed by atoms with Crippen LogP contribution in [0.4, 0.5) is 0 Å². The highest BCUT2D eigenvalue weighted by Gasteiger charge is 2.33. The number of rotatable bonds is 6. The van der Waals surface area contributed by atoms with Gasteiger partial charge in [-0.3, -0.25) is 9.59 Å². The Morgan fingerprint density at radius 1 is 1.37 bits per heavy atom. The number of carbonyl (C=O) groups is 2. The van der Waals surface area contributed by atoms with Crippen molar-refractivity contribution in [3.8, 4) is 0 Å². The minimum Gasteiger partial charge on any atom is -0.465 e. The third-order valence-corrected chi connectivity index (χ3v) is 3.36. The fourth-order valence-corrected chi connectivity index (χ4v) is 2.41. The number of carbonyl (C=O) groups excluding carboxylic acids is 2. The Kier molecular flexibility index (Phi) is 6.28. The zero-order valence-electron chi connectivity index (χ0n) is 12.4. The Bertz CT molecular complexity index is 318. The van der Waals surface area contributed by atoms with E-state index in [0.717, 1.165) is 6.54 Å². The second-order valence-corrected chi connectivity index (χ2v) is 5.66. The van der Waals surface area contributed by atoms with Crippen molar-refractivity contribution in [2.24, 2.45) is 17.8 Å². The van der Waals surface area contributed by atoms with E-state index in [1.807, 2.05) is 13.8 Å². The van der Waals surface area contributed by atoms with Crippen LogP contribution in [0.1, 0.15) is 27.7 Å². The van der Waals surface area contributed by atoms with Crippen molar-refractivity contribution in [3.63, 3.8) is 0 Å². The van der Waals surface area contributed by atoms with Crippen LogP contribution in [0.15, 0.2) is 0 Å². The quantitative estimate of drug-likeness (QED) is 0.728. The van der Waals surface area contributed by atoms with Crippen LogP contribution in [-0.4, -0.2) is 49.6 Å². The van der Waals surface area contributed by atoms with Gasteiger partial charge in [-0.15, -0.1) is 0 Å². The van der Waals surface area contributed by atoms with Crippen LogP contribution in [0, 0.1) is 17.8 Å². The molecule has 0 bridgehead atoms. The maximum absolute atomic E-state index is 12.5. The molecule has 0 saturated carbocycles. The first-order valence-electron chi connectivity index (χ1n) is 7.10. The third-order valence-electron chi connectivity index (χ3n) is 3.36. The monoisotopic (exact) mass is 270 g/mol. The van der Waals surface area contributed by atoms with Crippen LogP contribution in [-0.2, 0) is 14.3 Å². The van der Waals surface area contributed by atoms with E-state index in [1.165, 1.54) is 0 Å². The van der Waals surface area contributed by atoms with Crippen LogP contribution in [0.2, 0.25) is 0 Å². The van der Waals surface area contributed by atoms with Gasteiger partial charge in [0.25, 0.3) is 0 Å². The minimum absolute atomic E-state index is 0.0202. The molecule has 1 heterocycles. The van der Waals surface area contributed by atoms with E-state index in [-0.39, 0.29) is 24.3 Å². The highest BCUT2D eigenvalue weighted by molar-refractivity contribution is 5.84. The first-order valence-corrected chi connectivity index (χ1v) is 7.10. The second kappa shape index (κ2) is 7.48. The molecule has 1 aliphatic rings. The van der Waals surface area contributed by atoms with E-state index < -0.39 is 0 Å². The van der Waals surface area contributed by atoms with Crippen LogP contribution >= 0.6 is 0 Å².